The molecule has 0 fully saturated rings. The average molecular weight is 209 g/mol. The van der Waals surface area contributed by atoms with Gasteiger partial charge in [-0.1, -0.05) is 31.4 Å². The first-order chi connectivity index (χ1) is 7.43. The lowest BCUT2D eigenvalue weighted by molar-refractivity contribution is 0.304. The number of ether oxygens (including phenoxy) is 1. The van der Waals surface area contributed by atoms with E-state index in [0.717, 1.165) is 38.0 Å². The van der Waals surface area contributed by atoms with Gasteiger partial charge in [0.2, 0.25) is 0 Å². The van der Waals surface area contributed by atoms with Gasteiger partial charge in [0, 0.05) is 0 Å². The van der Waals surface area contributed by atoms with Crippen molar-refractivity contribution in [2.24, 2.45) is 0 Å². The Morgan fingerprint density at radius 2 is 1.67 bits per heavy atom. The summed E-state index contributed by atoms with van der Waals surface area (Å²) in [7, 11) is 0. The summed E-state index contributed by atoms with van der Waals surface area (Å²) in [6, 6.07) is 10.4. The molecule has 2 heteroatoms. The van der Waals surface area contributed by atoms with Crippen molar-refractivity contribution in [1.82, 2.24) is 0 Å². The maximum absolute atomic E-state index is 11.8. The van der Waals surface area contributed by atoms with Crippen molar-refractivity contribution >= 4 is 0 Å². The number of alkyl halides is 1. The monoisotopic (exact) mass is 209 g/mol. The van der Waals surface area contributed by atoms with Crippen molar-refractivity contribution in [3.8, 4) is 5.75 Å². The van der Waals surface area contributed by atoms with Gasteiger partial charge < -0.3 is 4.74 Å². The summed E-state index contributed by atoms with van der Waals surface area (Å²) in [5.41, 5.74) is 0. The Kier molecular flexibility index (Phi) is 6.63. The van der Waals surface area contributed by atoms with Crippen molar-refractivity contribution in [3.05, 3.63) is 30.3 Å². The molecule has 0 unspecified atom stereocenters. The number of halogens is 1. The second-order valence-electron chi connectivity index (χ2n) is 3.54. The highest BCUT2D eigenvalue weighted by Gasteiger charge is 1.93. The number of hydrogen-bond donors (Lipinski definition) is 0. The number of benzene rings is 1. The number of rotatable bonds is 8. The number of hydrogen-bond acceptors (Lipinski definition) is 1. The van der Waals surface area contributed by atoms with Gasteiger partial charge in [0.25, 0.3) is 0 Å². The second-order valence-corrected chi connectivity index (χ2v) is 3.54. The van der Waals surface area contributed by atoms with Crippen LogP contribution in [0.3, 0.4) is 0 Å². The van der Waals surface area contributed by atoms with Gasteiger partial charge in [-0.05, 0) is 31.0 Å². The highest BCUT2D eigenvalue weighted by atomic mass is 19.1. The van der Waals surface area contributed by atoms with Crippen molar-refractivity contribution in [3.63, 3.8) is 0 Å². The molecule has 15 heavy (non-hydrogen) atoms. The summed E-state index contributed by atoms with van der Waals surface area (Å²) in [5.74, 6) is 0.900. The molecule has 1 radical (unpaired) electrons. The smallest absolute Gasteiger partial charge is 0.119 e. The molecule has 1 aromatic carbocycles. The summed E-state index contributed by atoms with van der Waals surface area (Å²) < 4.78 is 17.3. The molecule has 0 N–H and O–H groups in total. The van der Waals surface area contributed by atoms with E-state index in [9.17, 15) is 4.39 Å². The van der Waals surface area contributed by atoms with Crippen molar-refractivity contribution in [2.45, 2.75) is 32.1 Å². The van der Waals surface area contributed by atoms with Gasteiger partial charge in [-0.15, -0.1) is 0 Å². The molecule has 0 saturated carbocycles. The van der Waals surface area contributed by atoms with E-state index in [-0.39, 0.29) is 6.67 Å². The minimum Gasteiger partial charge on any atom is -0.494 e. The summed E-state index contributed by atoms with van der Waals surface area (Å²) in [6.45, 7) is 0.566. The van der Waals surface area contributed by atoms with Crippen molar-refractivity contribution in [2.75, 3.05) is 13.3 Å². The largest absolute Gasteiger partial charge is 0.494 e. The molecule has 0 aromatic heterocycles. The Morgan fingerprint density at radius 3 is 2.40 bits per heavy atom. The second kappa shape index (κ2) is 8.27. The molecule has 0 spiro atoms. The molecule has 0 aliphatic carbocycles. The SMILES string of the molecule is FCCCCCCCOc1cc[c]cc1. The first kappa shape index (κ1) is 12.0. The van der Waals surface area contributed by atoms with E-state index in [2.05, 4.69) is 6.07 Å². The van der Waals surface area contributed by atoms with Crippen LogP contribution in [0, 0.1) is 6.07 Å². The van der Waals surface area contributed by atoms with E-state index < -0.39 is 0 Å². The van der Waals surface area contributed by atoms with E-state index in [1.807, 2.05) is 24.3 Å². The number of unbranched alkanes of at least 4 members (excludes halogenated alkanes) is 4. The summed E-state index contributed by atoms with van der Waals surface area (Å²) in [5, 5.41) is 0. The van der Waals surface area contributed by atoms with Crippen LogP contribution in [-0.4, -0.2) is 13.3 Å². The van der Waals surface area contributed by atoms with Crippen LogP contribution in [0.25, 0.3) is 0 Å². The summed E-state index contributed by atoms with van der Waals surface area (Å²) in [6.07, 6.45) is 4.98. The van der Waals surface area contributed by atoms with Crippen LogP contribution in [-0.2, 0) is 0 Å². The van der Waals surface area contributed by atoms with E-state index in [1.165, 1.54) is 0 Å². The molecule has 0 heterocycles. The lowest BCUT2D eigenvalue weighted by Crippen LogP contribution is -1.96. The molecule has 0 aliphatic heterocycles. The Bertz CT molecular complexity index is 236. The van der Waals surface area contributed by atoms with E-state index in [0.29, 0.717) is 6.42 Å². The summed E-state index contributed by atoms with van der Waals surface area (Å²) >= 11 is 0. The van der Waals surface area contributed by atoms with Gasteiger partial charge in [-0.25, -0.2) is 0 Å². The first-order valence-corrected chi connectivity index (χ1v) is 5.58. The molecule has 0 bridgehead atoms. The molecule has 1 aromatic rings. The van der Waals surface area contributed by atoms with Gasteiger partial charge in [0.15, 0.2) is 0 Å². The van der Waals surface area contributed by atoms with Crippen LogP contribution in [0.1, 0.15) is 32.1 Å². The molecule has 83 valence electrons. The molecule has 1 rings (SSSR count). The molecule has 1 nitrogen and oxygen atoms in total. The highest BCUT2D eigenvalue weighted by Crippen LogP contribution is 2.09. The Hall–Kier alpha value is -1.05. The lowest BCUT2D eigenvalue weighted by atomic mass is 10.2. The zero-order valence-electron chi connectivity index (χ0n) is 9.05. The van der Waals surface area contributed by atoms with Gasteiger partial charge in [-0.3, -0.25) is 4.39 Å². The fourth-order valence-corrected chi connectivity index (χ4v) is 1.38. The van der Waals surface area contributed by atoms with Crippen molar-refractivity contribution < 1.29 is 9.13 Å². The van der Waals surface area contributed by atoms with Crippen LogP contribution in [0.4, 0.5) is 4.39 Å². The predicted octanol–water partition coefficient (Wildman–Crippen LogP) is 3.79. The van der Waals surface area contributed by atoms with Gasteiger partial charge in [-0.2, -0.15) is 0 Å². The quantitative estimate of drug-likeness (QED) is 0.592. The molecule has 0 saturated heterocycles. The molecule has 0 atom stereocenters. The fraction of sp³-hybridized carbons (Fsp3) is 0.538. The highest BCUT2D eigenvalue weighted by molar-refractivity contribution is 5.20. The first-order valence-electron chi connectivity index (χ1n) is 5.58. The summed E-state index contributed by atoms with van der Waals surface area (Å²) in [4.78, 5) is 0. The van der Waals surface area contributed by atoms with Crippen LogP contribution < -0.4 is 4.74 Å². The van der Waals surface area contributed by atoms with Crippen LogP contribution in [0.15, 0.2) is 24.3 Å². The van der Waals surface area contributed by atoms with E-state index >= 15 is 0 Å². The predicted molar refractivity (Wildman–Crippen MR) is 59.8 cm³/mol. The Balaban J connectivity index is 1.93. The maximum Gasteiger partial charge on any atom is 0.119 e. The maximum atomic E-state index is 11.8. The average Bonchev–Trinajstić information content (AvgIpc) is 2.29. The lowest BCUT2D eigenvalue weighted by Gasteiger charge is -2.05. The third kappa shape index (κ3) is 6.10. The standard InChI is InChI=1S/C13H18FO/c14-11-7-2-1-3-8-12-15-13-9-5-4-6-10-13/h5-6,9-10H,1-3,7-8,11-12H2. The van der Waals surface area contributed by atoms with Crippen LogP contribution in [0.2, 0.25) is 0 Å². The molecule has 0 aliphatic rings. The molecular weight excluding hydrogens is 191 g/mol. The normalized spacial score (nSPS) is 10.2. The Morgan fingerprint density at radius 1 is 1.00 bits per heavy atom. The van der Waals surface area contributed by atoms with E-state index in [4.69, 9.17) is 4.74 Å². The minimum absolute atomic E-state index is 0.184. The van der Waals surface area contributed by atoms with Crippen LogP contribution in [0.5, 0.6) is 5.75 Å². The third-order valence-electron chi connectivity index (χ3n) is 2.23. The third-order valence-corrected chi connectivity index (χ3v) is 2.23. The van der Waals surface area contributed by atoms with E-state index in [1.54, 1.807) is 0 Å². The van der Waals surface area contributed by atoms with Gasteiger partial charge in [0.05, 0.1) is 13.3 Å². The van der Waals surface area contributed by atoms with Crippen LogP contribution >= 0.6 is 0 Å². The zero-order valence-corrected chi connectivity index (χ0v) is 9.05. The molecule has 0 amide bonds. The van der Waals surface area contributed by atoms with Crippen molar-refractivity contribution in [1.29, 1.82) is 0 Å². The molecular formula is C13H18FO. The fourth-order valence-electron chi connectivity index (χ4n) is 1.38. The Labute approximate surface area is 91.3 Å². The minimum atomic E-state index is -0.184. The topological polar surface area (TPSA) is 9.23 Å². The zero-order chi connectivity index (χ0) is 10.8. The van der Waals surface area contributed by atoms with Gasteiger partial charge >= 0.3 is 0 Å². The van der Waals surface area contributed by atoms with Gasteiger partial charge in [0.1, 0.15) is 5.75 Å².